The van der Waals surface area contributed by atoms with Crippen LogP contribution in [-0.2, 0) is 19.4 Å². The molecule has 0 spiro atoms. The van der Waals surface area contributed by atoms with Gasteiger partial charge in [-0.1, -0.05) is 63.4 Å². The van der Waals surface area contributed by atoms with Crippen LogP contribution >= 0.6 is 0 Å². The van der Waals surface area contributed by atoms with Crippen molar-refractivity contribution in [2.75, 3.05) is 0 Å². The molecule has 0 bridgehead atoms. The van der Waals surface area contributed by atoms with Gasteiger partial charge in [-0.2, -0.15) is 0 Å². The summed E-state index contributed by atoms with van der Waals surface area (Å²) in [5.74, 6) is 0.00375. The molecular formula is C25H29FO3. The molecule has 0 aliphatic rings. The quantitative estimate of drug-likeness (QED) is 0.363. The normalized spacial score (nSPS) is 11.1. The molecular weight excluding hydrogens is 367 g/mol. The zero-order chi connectivity index (χ0) is 20.6. The molecule has 2 aromatic carbocycles. The van der Waals surface area contributed by atoms with Gasteiger partial charge >= 0.3 is 5.63 Å². The van der Waals surface area contributed by atoms with Gasteiger partial charge < -0.3 is 9.15 Å². The van der Waals surface area contributed by atoms with Crippen LogP contribution in [0.25, 0.3) is 10.8 Å². The maximum Gasteiger partial charge on any atom is 0.346 e. The summed E-state index contributed by atoms with van der Waals surface area (Å²) in [4.78, 5) is 12.3. The molecule has 154 valence electrons. The summed E-state index contributed by atoms with van der Waals surface area (Å²) in [6, 6.07) is 13.3. The standard InChI is InChI=1S/C25H29FO3/c1-3-5-7-8-18-10-12-19(13-11-18)17-28-22-15-14-20-16-21(9-6-4-2)29-25(27)23(20)24(22)26/h10-16H,3-9,17H2,1-2H3. The second kappa shape index (κ2) is 10.2. The second-order valence-corrected chi connectivity index (χ2v) is 7.51. The van der Waals surface area contributed by atoms with Gasteiger partial charge in [0.2, 0.25) is 0 Å². The first-order chi connectivity index (χ1) is 14.1. The van der Waals surface area contributed by atoms with Gasteiger partial charge in [0, 0.05) is 6.42 Å². The van der Waals surface area contributed by atoms with Crippen molar-refractivity contribution >= 4 is 10.8 Å². The first kappa shape index (κ1) is 21.1. The topological polar surface area (TPSA) is 39.4 Å². The van der Waals surface area contributed by atoms with Crippen LogP contribution in [0.3, 0.4) is 0 Å². The Morgan fingerprint density at radius 2 is 1.62 bits per heavy atom. The average molecular weight is 397 g/mol. The summed E-state index contributed by atoms with van der Waals surface area (Å²) >= 11 is 0. The van der Waals surface area contributed by atoms with Gasteiger partial charge in [0.15, 0.2) is 11.6 Å². The Hall–Kier alpha value is -2.62. The molecule has 0 aliphatic heterocycles. The molecule has 0 saturated heterocycles. The predicted octanol–water partition coefficient (Wildman–Crippen LogP) is 6.59. The molecule has 1 heterocycles. The molecule has 3 nitrogen and oxygen atoms in total. The third-order valence-corrected chi connectivity index (χ3v) is 5.15. The fraction of sp³-hybridized carbons (Fsp3) is 0.400. The maximum atomic E-state index is 14.9. The number of rotatable bonds is 10. The van der Waals surface area contributed by atoms with Crippen LogP contribution in [0.5, 0.6) is 5.75 Å². The second-order valence-electron chi connectivity index (χ2n) is 7.51. The zero-order valence-corrected chi connectivity index (χ0v) is 17.3. The van der Waals surface area contributed by atoms with Crippen molar-refractivity contribution in [2.45, 2.75) is 65.4 Å². The summed E-state index contributed by atoms with van der Waals surface area (Å²) < 4.78 is 25.8. The van der Waals surface area contributed by atoms with Crippen molar-refractivity contribution in [3.05, 3.63) is 75.6 Å². The summed E-state index contributed by atoms with van der Waals surface area (Å²) in [6.07, 6.45) is 7.32. The number of hydrogen-bond acceptors (Lipinski definition) is 3. The molecule has 0 atom stereocenters. The Bertz CT molecular complexity index is 989. The van der Waals surface area contributed by atoms with Gasteiger partial charge in [-0.3, -0.25) is 0 Å². The van der Waals surface area contributed by atoms with E-state index in [0.717, 1.165) is 24.8 Å². The van der Waals surface area contributed by atoms with E-state index < -0.39 is 11.4 Å². The Balaban J connectivity index is 1.71. The molecule has 0 unspecified atom stereocenters. The molecule has 3 aromatic rings. The lowest BCUT2D eigenvalue weighted by Crippen LogP contribution is -2.06. The van der Waals surface area contributed by atoms with E-state index in [9.17, 15) is 9.18 Å². The van der Waals surface area contributed by atoms with Crippen LogP contribution in [0.1, 0.15) is 62.8 Å². The minimum absolute atomic E-state index is 0.0472. The summed E-state index contributed by atoms with van der Waals surface area (Å²) in [7, 11) is 0. The van der Waals surface area contributed by atoms with Crippen LogP contribution in [0.15, 0.2) is 51.7 Å². The molecule has 29 heavy (non-hydrogen) atoms. The predicted molar refractivity (Wildman–Crippen MR) is 115 cm³/mol. The van der Waals surface area contributed by atoms with Crippen LogP contribution in [0.4, 0.5) is 4.39 Å². The maximum absolute atomic E-state index is 14.9. The monoisotopic (exact) mass is 396 g/mol. The SMILES string of the molecule is CCCCCc1ccc(COc2ccc3cc(CCCC)oc(=O)c3c2F)cc1. The molecule has 0 aliphatic carbocycles. The molecule has 3 rings (SSSR count). The van der Waals surface area contributed by atoms with Gasteiger partial charge in [0.1, 0.15) is 17.8 Å². The van der Waals surface area contributed by atoms with E-state index >= 15 is 0 Å². The average Bonchev–Trinajstić information content (AvgIpc) is 2.72. The number of hydrogen-bond donors (Lipinski definition) is 0. The van der Waals surface area contributed by atoms with Crippen molar-refractivity contribution in [3.8, 4) is 5.75 Å². The number of ether oxygens (including phenoxy) is 1. The molecule has 0 saturated carbocycles. The van der Waals surface area contributed by atoms with E-state index in [1.807, 2.05) is 12.1 Å². The van der Waals surface area contributed by atoms with Gasteiger partial charge in [0.25, 0.3) is 0 Å². The highest BCUT2D eigenvalue weighted by molar-refractivity contribution is 5.83. The van der Waals surface area contributed by atoms with Crippen LogP contribution in [0, 0.1) is 5.82 Å². The lowest BCUT2D eigenvalue weighted by atomic mass is 10.1. The number of unbranched alkanes of at least 4 members (excludes halogenated alkanes) is 3. The molecule has 0 N–H and O–H groups in total. The smallest absolute Gasteiger partial charge is 0.346 e. The van der Waals surface area contributed by atoms with Crippen molar-refractivity contribution in [2.24, 2.45) is 0 Å². The van der Waals surface area contributed by atoms with E-state index in [1.165, 1.54) is 24.8 Å². The summed E-state index contributed by atoms with van der Waals surface area (Å²) in [5, 5.41) is 0.502. The van der Waals surface area contributed by atoms with E-state index in [0.29, 0.717) is 17.6 Å². The lowest BCUT2D eigenvalue weighted by Gasteiger charge is -2.10. The van der Waals surface area contributed by atoms with Gasteiger partial charge in [-0.15, -0.1) is 0 Å². The van der Waals surface area contributed by atoms with E-state index in [4.69, 9.17) is 9.15 Å². The highest BCUT2D eigenvalue weighted by atomic mass is 19.1. The van der Waals surface area contributed by atoms with E-state index in [1.54, 1.807) is 18.2 Å². The van der Waals surface area contributed by atoms with Crippen molar-refractivity contribution in [1.29, 1.82) is 0 Å². The fourth-order valence-electron chi connectivity index (χ4n) is 3.40. The largest absolute Gasteiger partial charge is 0.486 e. The number of halogens is 1. The minimum Gasteiger partial charge on any atom is -0.486 e. The lowest BCUT2D eigenvalue weighted by molar-refractivity contribution is 0.291. The van der Waals surface area contributed by atoms with Crippen LogP contribution in [-0.4, -0.2) is 0 Å². The van der Waals surface area contributed by atoms with Gasteiger partial charge in [0.05, 0.1) is 0 Å². The van der Waals surface area contributed by atoms with E-state index in [2.05, 4.69) is 26.0 Å². The minimum atomic E-state index is -0.658. The third-order valence-electron chi connectivity index (χ3n) is 5.15. The Morgan fingerprint density at radius 1 is 0.897 bits per heavy atom. The first-order valence-corrected chi connectivity index (χ1v) is 10.6. The van der Waals surface area contributed by atoms with Crippen LogP contribution in [0.2, 0.25) is 0 Å². The Kier molecular flexibility index (Phi) is 7.45. The summed E-state index contributed by atoms with van der Waals surface area (Å²) in [5.41, 5.74) is 1.62. The Morgan fingerprint density at radius 3 is 2.34 bits per heavy atom. The van der Waals surface area contributed by atoms with Gasteiger partial charge in [-0.05, 0) is 47.9 Å². The highest BCUT2D eigenvalue weighted by Crippen LogP contribution is 2.26. The molecule has 4 heteroatoms. The third kappa shape index (κ3) is 5.47. The van der Waals surface area contributed by atoms with Crippen molar-refractivity contribution in [1.82, 2.24) is 0 Å². The zero-order valence-electron chi connectivity index (χ0n) is 17.3. The van der Waals surface area contributed by atoms with Crippen LogP contribution < -0.4 is 10.4 Å². The Labute approximate surface area is 171 Å². The fourth-order valence-corrected chi connectivity index (χ4v) is 3.40. The number of fused-ring (bicyclic) bond motifs is 1. The van der Waals surface area contributed by atoms with Crippen molar-refractivity contribution in [3.63, 3.8) is 0 Å². The first-order valence-electron chi connectivity index (χ1n) is 10.6. The van der Waals surface area contributed by atoms with Gasteiger partial charge in [-0.25, -0.2) is 9.18 Å². The molecule has 0 radical (unpaired) electrons. The molecule has 0 amide bonds. The molecule has 0 fully saturated rings. The van der Waals surface area contributed by atoms with Crippen molar-refractivity contribution < 1.29 is 13.5 Å². The number of aryl methyl sites for hydroxylation is 2. The highest BCUT2D eigenvalue weighted by Gasteiger charge is 2.14. The molecule has 1 aromatic heterocycles. The van der Waals surface area contributed by atoms with E-state index in [-0.39, 0.29) is 17.7 Å². The number of benzene rings is 2. The summed E-state index contributed by atoms with van der Waals surface area (Å²) in [6.45, 7) is 4.52.